The van der Waals surface area contributed by atoms with Gasteiger partial charge in [0.1, 0.15) is 17.1 Å². The molecule has 3 rings (SSSR count). The molecule has 13 heteroatoms. The number of carbonyl (C=O) groups excluding carboxylic acids is 1. The zero-order valence-electron chi connectivity index (χ0n) is 27.2. The van der Waals surface area contributed by atoms with Crippen LogP contribution in [0.5, 0.6) is 11.5 Å². The van der Waals surface area contributed by atoms with Crippen molar-refractivity contribution in [1.29, 1.82) is 0 Å². The number of alkyl carbamates (subject to hydrolysis) is 1. The van der Waals surface area contributed by atoms with Gasteiger partial charge < -0.3 is 23.6 Å². The Balaban J connectivity index is 1.81. The maximum Gasteiger partial charge on any atom is 0.416 e. The Kier molecular flexibility index (Phi) is 10.1. The second kappa shape index (κ2) is 12.4. The molecule has 0 saturated carbocycles. The van der Waals surface area contributed by atoms with Gasteiger partial charge in [0.25, 0.3) is 0 Å². The molecule has 1 aliphatic rings. The summed E-state index contributed by atoms with van der Waals surface area (Å²) in [6.07, 6.45) is -9.75. The lowest BCUT2D eigenvalue weighted by Crippen LogP contribution is -2.69. The van der Waals surface area contributed by atoms with Crippen LogP contribution >= 0.6 is 0 Å². The van der Waals surface area contributed by atoms with Gasteiger partial charge in [-0.2, -0.15) is 26.3 Å². The zero-order chi connectivity index (χ0) is 34.3. The number of nitrogens with one attached hydrogen (secondary N) is 1. The number of halogens is 6. The fourth-order valence-electron chi connectivity index (χ4n) is 5.58. The quantitative estimate of drug-likeness (QED) is 0.246. The molecule has 0 atom stereocenters. The first-order valence-corrected chi connectivity index (χ1v) is 16.4. The predicted molar refractivity (Wildman–Crippen MR) is 160 cm³/mol. The summed E-state index contributed by atoms with van der Waals surface area (Å²) in [6, 6.07) is 7.33. The highest BCUT2D eigenvalue weighted by Crippen LogP contribution is 2.54. The topological polar surface area (TPSA) is 66.0 Å². The fourth-order valence-corrected chi connectivity index (χ4v) is 10.6. The third kappa shape index (κ3) is 9.16. The molecule has 1 heterocycles. The van der Waals surface area contributed by atoms with Gasteiger partial charge in [-0.25, -0.2) is 4.79 Å². The zero-order valence-corrected chi connectivity index (χ0v) is 28.2. The summed E-state index contributed by atoms with van der Waals surface area (Å²) in [5.41, 5.74) is -3.79. The number of aryl methyl sites for hydroxylation is 1. The van der Waals surface area contributed by atoms with Crippen molar-refractivity contribution in [3.63, 3.8) is 0 Å². The molecule has 0 radical (unpaired) electrons. The third-order valence-electron chi connectivity index (χ3n) is 7.46. The van der Waals surface area contributed by atoms with Gasteiger partial charge in [-0.15, -0.1) is 0 Å². The highest BCUT2D eigenvalue weighted by atomic mass is 28.4. The molecule has 1 amide bonds. The molecule has 1 saturated heterocycles. The molecule has 45 heavy (non-hydrogen) atoms. The van der Waals surface area contributed by atoms with E-state index >= 15 is 0 Å². The van der Waals surface area contributed by atoms with Gasteiger partial charge in [-0.05, 0) is 69.5 Å². The van der Waals surface area contributed by atoms with E-state index in [9.17, 15) is 31.1 Å². The molecule has 1 N–H and O–H groups in total. The van der Waals surface area contributed by atoms with Crippen LogP contribution in [-0.2, 0) is 32.4 Å². The van der Waals surface area contributed by atoms with Crippen LogP contribution in [0.3, 0.4) is 0 Å². The van der Waals surface area contributed by atoms with E-state index < -0.39 is 55.0 Å². The highest BCUT2D eigenvalue weighted by Gasteiger charge is 2.62. The maximum atomic E-state index is 13.2. The monoisotopic (exact) mass is 663 g/mol. The van der Waals surface area contributed by atoms with Crippen LogP contribution in [0.15, 0.2) is 42.5 Å². The Morgan fingerprint density at radius 1 is 0.778 bits per heavy atom. The average molecular weight is 664 g/mol. The van der Waals surface area contributed by atoms with Gasteiger partial charge in [0.2, 0.25) is 0 Å². The number of hydrogen-bond acceptors (Lipinski definition) is 5. The van der Waals surface area contributed by atoms with Crippen LogP contribution in [-0.4, -0.2) is 39.0 Å². The van der Waals surface area contributed by atoms with Crippen molar-refractivity contribution >= 4 is 14.7 Å². The van der Waals surface area contributed by atoms with Crippen LogP contribution in [0.2, 0.25) is 10.1 Å². The summed E-state index contributed by atoms with van der Waals surface area (Å²) in [7, 11) is -2.81. The number of carbonyl (C=O) groups is 1. The maximum absolute atomic E-state index is 13.2. The minimum atomic E-state index is -4.99. The second-order valence-electron chi connectivity index (χ2n) is 14.6. The Labute approximate surface area is 262 Å². The molecule has 0 spiro atoms. The van der Waals surface area contributed by atoms with Crippen LogP contribution < -0.4 is 10.1 Å². The predicted octanol–water partition coefficient (Wildman–Crippen LogP) is 9.80. The molecule has 252 valence electrons. The van der Waals surface area contributed by atoms with E-state index in [1.54, 1.807) is 32.9 Å². The smallest absolute Gasteiger partial charge is 0.416 e. The number of alkyl halides is 6. The van der Waals surface area contributed by atoms with Crippen LogP contribution in [0.1, 0.15) is 85.4 Å². The van der Waals surface area contributed by atoms with E-state index in [2.05, 4.69) is 46.9 Å². The lowest BCUT2D eigenvalue weighted by atomic mass is 9.92. The van der Waals surface area contributed by atoms with Crippen molar-refractivity contribution in [3.05, 3.63) is 59.2 Å². The van der Waals surface area contributed by atoms with E-state index in [1.165, 1.54) is 12.1 Å². The van der Waals surface area contributed by atoms with E-state index in [4.69, 9.17) is 18.3 Å². The lowest BCUT2D eigenvalue weighted by Gasteiger charge is -2.55. The van der Waals surface area contributed by atoms with E-state index in [0.717, 1.165) is 5.56 Å². The van der Waals surface area contributed by atoms with E-state index in [-0.39, 0.29) is 35.1 Å². The summed E-state index contributed by atoms with van der Waals surface area (Å²) in [4.78, 5) is 12.9. The number of amides is 1. The largest absolute Gasteiger partial charge is 0.457 e. The molecular weight excluding hydrogens is 620 g/mol. The third-order valence-corrected chi connectivity index (χ3v) is 12.5. The number of ether oxygens (including phenoxy) is 2. The molecule has 0 aliphatic carbocycles. The van der Waals surface area contributed by atoms with Crippen LogP contribution in [0.25, 0.3) is 0 Å². The van der Waals surface area contributed by atoms with Gasteiger partial charge in [0.05, 0.1) is 29.9 Å². The average Bonchev–Trinajstić information content (AvgIpc) is 2.85. The normalized spacial score (nSPS) is 17.5. The minimum Gasteiger partial charge on any atom is -0.457 e. The first-order valence-electron chi connectivity index (χ1n) is 14.6. The Morgan fingerprint density at radius 2 is 1.24 bits per heavy atom. The first kappa shape index (κ1) is 36.7. The lowest BCUT2D eigenvalue weighted by molar-refractivity contribution is -0.143. The molecule has 2 aromatic carbocycles. The van der Waals surface area contributed by atoms with Crippen LogP contribution in [0, 0.1) is 0 Å². The van der Waals surface area contributed by atoms with Gasteiger partial charge in [0, 0.05) is 10.1 Å². The molecule has 1 fully saturated rings. The van der Waals surface area contributed by atoms with Gasteiger partial charge in [-0.1, -0.05) is 53.7 Å². The van der Waals surface area contributed by atoms with Gasteiger partial charge >= 0.3 is 27.0 Å². The molecule has 1 aliphatic heterocycles. The second-order valence-corrected chi connectivity index (χ2v) is 19.4. The minimum absolute atomic E-state index is 0.0469. The molecule has 0 unspecified atom stereocenters. The van der Waals surface area contributed by atoms with Crippen molar-refractivity contribution in [2.45, 2.75) is 109 Å². The number of rotatable bonds is 6. The fraction of sp³-hybridized carbons (Fsp3) is 0.594. The highest BCUT2D eigenvalue weighted by molar-refractivity contribution is 6.73. The Bertz CT molecular complexity index is 1280. The molecule has 0 bridgehead atoms. The van der Waals surface area contributed by atoms with Crippen LogP contribution in [0.4, 0.5) is 31.1 Å². The molecule has 0 aromatic heterocycles. The van der Waals surface area contributed by atoms with E-state index in [0.29, 0.717) is 25.0 Å². The van der Waals surface area contributed by atoms with E-state index in [1.807, 2.05) is 0 Å². The van der Waals surface area contributed by atoms with Crippen molar-refractivity contribution < 1.29 is 49.5 Å². The standard InChI is InChI=1S/C32H43F6NO5Si/c1-27(2,3)44-26(40)39-30(19-41-45(42-20-30,28(4,5)6)29(7,8)9)15-14-21-10-12-24(13-11-21)43-25-17-22(31(33,34)35)16-23(18-25)32(36,37)38/h10-13,16-18H,14-15,19-20H2,1-9H3,(H,39,40). The molecular formula is C32H43F6NO5Si. The summed E-state index contributed by atoms with van der Waals surface area (Å²) < 4.78 is 104. The summed E-state index contributed by atoms with van der Waals surface area (Å²) >= 11 is 0. The van der Waals surface area contributed by atoms with Gasteiger partial charge in [0.15, 0.2) is 0 Å². The number of benzene rings is 2. The Morgan fingerprint density at radius 3 is 1.64 bits per heavy atom. The van der Waals surface area contributed by atoms with Crippen molar-refractivity contribution in [2.75, 3.05) is 13.2 Å². The van der Waals surface area contributed by atoms with Crippen molar-refractivity contribution in [2.24, 2.45) is 0 Å². The first-order chi connectivity index (χ1) is 20.3. The SMILES string of the molecule is CC(C)(C)OC(=O)NC1(CCc2ccc(Oc3cc(C(F)(F)F)cc(C(F)(F)F)c3)cc2)CO[Si](C(C)(C)C)(C(C)(C)C)OC1. The van der Waals surface area contributed by atoms with Crippen molar-refractivity contribution in [1.82, 2.24) is 5.32 Å². The molecule has 2 aromatic rings. The molecule has 6 nitrogen and oxygen atoms in total. The summed E-state index contributed by atoms with van der Waals surface area (Å²) in [5.74, 6) is -0.532. The van der Waals surface area contributed by atoms with Gasteiger partial charge in [-0.3, -0.25) is 0 Å². The Hall–Kier alpha value is -2.77. The number of hydrogen-bond donors (Lipinski definition) is 1. The van der Waals surface area contributed by atoms with Crippen molar-refractivity contribution in [3.8, 4) is 11.5 Å². The summed E-state index contributed by atoms with van der Waals surface area (Å²) in [6.45, 7) is 18.2. The summed E-state index contributed by atoms with van der Waals surface area (Å²) in [5, 5.41) is 2.45.